The van der Waals surface area contributed by atoms with Gasteiger partial charge in [-0.25, -0.2) is 12.8 Å². The molecule has 1 fully saturated rings. The van der Waals surface area contributed by atoms with Gasteiger partial charge in [0.1, 0.15) is 0 Å². The summed E-state index contributed by atoms with van der Waals surface area (Å²) in [6.07, 6.45) is -1.04. The van der Waals surface area contributed by atoms with Crippen LogP contribution < -0.4 is 0 Å². The maximum absolute atomic E-state index is 13.6. The molecule has 0 amide bonds. The number of carboxylic acids is 1. The first-order valence-corrected chi connectivity index (χ1v) is 8.56. The fourth-order valence-corrected chi connectivity index (χ4v) is 5.18. The standard InChI is InChI=1S/C12H16FNO5S2/c1-12(2)7-19-8(5-10(15)16)6-14(12)21(17,18)11-9(13)3-4-20-11/h3-4,8H,5-7H2,1-2H3,(H,15,16). The molecule has 1 atom stereocenters. The molecule has 0 aliphatic carbocycles. The zero-order chi connectivity index (χ0) is 15.8. The molecule has 0 aromatic carbocycles. The van der Waals surface area contributed by atoms with E-state index in [0.717, 1.165) is 21.7 Å². The topological polar surface area (TPSA) is 83.9 Å². The summed E-state index contributed by atoms with van der Waals surface area (Å²) in [4.78, 5) is 10.8. The summed E-state index contributed by atoms with van der Waals surface area (Å²) >= 11 is 0.804. The number of rotatable bonds is 4. The van der Waals surface area contributed by atoms with Gasteiger partial charge in [0.25, 0.3) is 10.0 Å². The number of halogens is 1. The summed E-state index contributed by atoms with van der Waals surface area (Å²) in [6, 6.07) is 1.10. The SMILES string of the molecule is CC1(C)COC(CC(=O)O)CN1S(=O)(=O)c1sccc1F. The Bertz CT molecular complexity index is 640. The monoisotopic (exact) mass is 337 g/mol. The van der Waals surface area contributed by atoms with Crippen molar-refractivity contribution in [1.29, 1.82) is 0 Å². The molecule has 1 saturated heterocycles. The number of hydrogen-bond acceptors (Lipinski definition) is 5. The van der Waals surface area contributed by atoms with Crippen LogP contribution in [0.2, 0.25) is 0 Å². The molecular formula is C12H16FNO5S2. The Balaban J connectivity index is 2.34. The maximum atomic E-state index is 13.6. The van der Waals surface area contributed by atoms with Crippen LogP contribution >= 0.6 is 11.3 Å². The second kappa shape index (κ2) is 5.64. The quantitative estimate of drug-likeness (QED) is 0.901. The Morgan fingerprint density at radius 2 is 2.29 bits per heavy atom. The average molecular weight is 337 g/mol. The van der Waals surface area contributed by atoms with Crippen molar-refractivity contribution < 1.29 is 27.4 Å². The van der Waals surface area contributed by atoms with Crippen molar-refractivity contribution in [2.24, 2.45) is 0 Å². The molecule has 6 nitrogen and oxygen atoms in total. The zero-order valence-electron chi connectivity index (χ0n) is 11.6. The lowest BCUT2D eigenvalue weighted by atomic mass is 10.0. The minimum Gasteiger partial charge on any atom is -0.481 e. The molecule has 1 N–H and O–H groups in total. The lowest BCUT2D eigenvalue weighted by Gasteiger charge is -2.43. The van der Waals surface area contributed by atoms with E-state index in [0.29, 0.717) is 0 Å². The lowest BCUT2D eigenvalue weighted by molar-refractivity contribution is -0.143. The summed E-state index contributed by atoms with van der Waals surface area (Å²) in [5, 5.41) is 10.2. The van der Waals surface area contributed by atoms with Crippen molar-refractivity contribution in [3.8, 4) is 0 Å². The number of carboxylic acid groups (broad SMARTS) is 1. The van der Waals surface area contributed by atoms with Crippen molar-refractivity contribution in [2.75, 3.05) is 13.2 Å². The third-order valence-corrected chi connectivity index (χ3v) is 6.72. The van der Waals surface area contributed by atoms with E-state index in [1.807, 2.05) is 0 Å². The van der Waals surface area contributed by atoms with E-state index < -0.39 is 33.5 Å². The second-order valence-electron chi connectivity index (χ2n) is 5.44. The molecule has 118 valence electrons. The zero-order valence-corrected chi connectivity index (χ0v) is 13.2. The van der Waals surface area contributed by atoms with Gasteiger partial charge in [-0.15, -0.1) is 11.3 Å². The average Bonchev–Trinajstić information content (AvgIpc) is 2.77. The minimum absolute atomic E-state index is 0.0527. The second-order valence-corrected chi connectivity index (χ2v) is 8.41. The van der Waals surface area contributed by atoms with E-state index in [1.165, 1.54) is 5.38 Å². The van der Waals surface area contributed by atoms with Gasteiger partial charge < -0.3 is 9.84 Å². The largest absolute Gasteiger partial charge is 0.481 e. The molecular weight excluding hydrogens is 321 g/mol. The van der Waals surface area contributed by atoms with Crippen LogP contribution in [0, 0.1) is 5.82 Å². The molecule has 1 aliphatic heterocycles. The molecule has 1 aromatic heterocycles. The number of morpholine rings is 1. The first-order valence-electron chi connectivity index (χ1n) is 6.24. The van der Waals surface area contributed by atoms with Crippen molar-refractivity contribution in [3.63, 3.8) is 0 Å². The molecule has 1 aliphatic rings. The van der Waals surface area contributed by atoms with Gasteiger partial charge in [0.05, 0.1) is 24.7 Å². The fourth-order valence-electron chi connectivity index (χ4n) is 2.18. The van der Waals surface area contributed by atoms with Crippen LogP contribution in [0.1, 0.15) is 20.3 Å². The number of carbonyl (C=O) groups is 1. The summed E-state index contributed by atoms with van der Waals surface area (Å²) in [5.74, 6) is -1.86. The first-order chi connectivity index (χ1) is 9.64. The molecule has 0 spiro atoms. The van der Waals surface area contributed by atoms with E-state index >= 15 is 0 Å². The van der Waals surface area contributed by atoms with Crippen LogP contribution in [0.25, 0.3) is 0 Å². The number of ether oxygens (including phenoxy) is 1. The predicted octanol–water partition coefficient (Wildman–Crippen LogP) is 1.53. The molecule has 0 saturated carbocycles. The number of hydrogen-bond donors (Lipinski definition) is 1. The van der Waals surface area contributed by atoms with Crippen molar-refractivity contribution in [3.05, 3.63) is 17.3 Å². The van der Waals surface area contributed by atoms with Crippen LogP contribution in [0.3, 0.4) is 0 Å². The highest BCUT2D eigenvalue weighted by Crippen LogP contribution is 2.33. The van der Waals surface area contributed by atoms with E-state index in [-0.39, 0.29) is 23.8 Å². The molecule has 1 unspecified atom stereocenters. The molecule has 21 heavy (non-hydrogen) atoms. The Hall–Kier alpha value is -1.03. The molecule has 2 rings (SSSR count). The van der Waals surface area contributed by atoms with Gasteiger partial charge >= 0.3 is 5.97 Å². The number of sulfonamides is 1. The van der Waals surface area contributed by atoms with E-state index in [1.54, 1.807) is 13.8 Å². The van der Waals surface area contributed by atoms with Gasteiger partial charge in [-0.2, -0.15) is 4.31 Å². The number of nitrogens with zero attached hydrogens (tertiary/aromatic N) is 1. The van der Waals surface area contributed by atoms with E-state index in [2.05, 4.69) is 0 Å². The van der Waals surface area contributed by atoms with E-state index in [9.17, 15) is 17.6 Å². The van der Waals surface area contributed by atoms with Crippen LogP contribution in [0.5, 0.6) is 0 Å². The first kappa shape index (κ1) is 16.3. The van der Waals surface area contributed by atoms with Crippen LogP contribution in [0.15, 0.2) is 15.7 Å². The Morgan fingerprint density at radius 3 is 2.81 bits per heavy atom. The molecule has 0 bridgehead atoms. The van der Waals surface area contributed by atoms with E-state index in [4.69, 9.17) is 9.84 Å². The number of aliphatic carboxylic acids is 1. The van der Waals surface area contributed by atoms with Gasteiger partial charge in [-0.3, -0.25) is 4.79 Å². The summed E-state index contributed by atoms with van der Waals surface area (Å²) in [6.45, 7) is 3.26. The molecule has 0 radical (unpaired) electrons. The highest BCUT2D eigenvalue weighted by molar-refractivity contribution is 7.91. The van der Waals surface area contributed by atoms with Crippen LogP contribution in [0.4, 0.5) is 4.39 Å². The third-order valence-electron chi connectivity index (χ3n) is 3.23. The van der Waals surface area contributed by atoms with Gasteiger partial charge in [0.15, 0.2) is 10.0 Å². The summed E-state index contributed by atoms with van der Waals surface area (Å²) in [7, 11) is -4.02. The normalized spacial score (nSPS) is 23.1. The van der Waals surface area contributed by atoms with Crippen molar-refractivity contribution >= 4 is 27.3 Å². The minimum atomic E-state index is -4.02. The van der Waals surface area contributed by atoms with Gasteiger partial charge in [0, 0.05) is 6.54 Å². The van der Waals surface area contributed by atoms with Crippen LogP contribution in [-0.4, -0.2) is 48.6 Å². The van der Waals surface area contributed by atoms with Gasteiger partial charge in [-0.05, 0) is 25.3 Å². The Labute approximate surface area is 126 Å². The summed E-state index contributed by atoms with van der Waals surface area (Å²) < 4.78 is 45.0. The third kappa shape index (κ3) is 3.25. The van der Waals surface area contributed by atoms with Crippen molar-refractivity contribution in [1.82, 2.24) is 4.31 Å². The molecule has 2 heterocycles. The van der Waals surface area contributed by atoms with Crippen LogP contribution in [-0.2, 0) is 19.6 Å². The maximum Gasteiger partial charge on any atom is 0.306 e. The lowest BCUT2D eigenvalue weighted by Crippen LogP contribution is -2.58. The molecule has 1 aromatic rings. The smallest absolute Gasteiger partial charge is 0.306 e. The predicted molar refractivity (Wildman–Crippen MR) is 74.2 cm³/mol. The molecule has 9 heteroatoms. The van der Waals surface area contributed by atoms with Gasteiger partial charge in [0.2, 0.25) is 0 Å². The highest BCUT2D eigenvalue weighted by atomic mass is 32.2. The number of thiophene rings is 1. The Morgan fingerprint density at radius 1 is 1.62 bits per heavy atom. The highest BCUT2D eigenvalue weighted by Gasteiger charge is 2.44. The van der Waals surface area contributed by atoms with Crippen molar-refractivity contribution in [2.45, 2.75) is 36.1 Å². The van der Waals surface area contributed by atoms with Gasteiger partial charge in [-0.1, -0.05) is 0 Å². The fraction of sp³-hybridized carbons (Fsp3) is 0.583. The Kier molecular flexibility index (Phi) is 4.39. The summed E-state index contributed by atoms with van der Waals surface area (Å²) in [5.41, 5.74) is -0.871.